The van der Waals surface area contributed by atoms with E-state index in [1.807, 2.05) is 42.0 Å². The van der Waals surface area contributed by atoms with Crippen LogP contribution < -0.4 is 16.2 Å². The SMILES string of the molecule is C[C@@]1(O)CCC[C@@H]2[C@H]3CSS[C@@H]4C=C[C@@H](C[C@@H](C1)[C@@H]2Cc1ccccc1[C@@H]3CO)[C@]12/C=C/C(=O)CCc3ccc(O)c(c3)OCCc3ccc(O)c(c3)[C@H]3CC(=O)c5cc[nH]c5CC#Cc5cc(C(N)N)c(cc53)CSSC[C@H](C1)[C@@]4(O)C2. The van der Waals surface area contributed by atoms with Crippen LogP contribution in [0.5, 0.6) is 17.2 Å². The predicted molar refractivity (Wildman–Crippen MR) is 336 cm³/mol. The summed E-state index contributed by atoms with van der Waals surface area (Å²) < 4.78 is 6.27. The Morgan fingerprint density at radius 2 is 1.66 bits per heavy atom. The summed E-state index contributed by atoms with van der Waals surface area (Å²) in [5.74, 6) is 9.05. The number of H-pyrrole nitrogens is 1. The number of fused-ring (bicyclic) bond motifs is 14. The minimum absolute atomic E-state index is 0.0109. The van der Waals surface area contributed by atoms with Gasteiger partial charge in [0, 0.05) is 76.9 Å². The maximum atomic E-state index is 14.5. The molecule has 10 N–H and O–H groups in total. The van der Waals surface area contributed by atoms with Crippen LogP contribution in [0.1, 0.15) is 149 Å². The highest BCUT2D eigenvalue weighted by Gasteiger charge is 2.60. The molecule has 0 saturated heterocycles. The van der Waals surface area contributed by atoms with Gasteiger partial charge in [0.05, 0.1) is 42.3 Å². The number of carbonyl (C=O) groups is 2. The topological polar surface area (TPSA) is 212 Å². The average Bonchev–Trinajstić information content (AvgIpc) is 2.44. The number of benzene rings is 4. The number of rotatable bonds is 2. The van der Waals surface area contributed by atoms with Crippen LogP contribution >= 0.6 is 43.2 Å². The number of aromatic hydroxyl groups is 2. The number of aromatic nitrogens is 1. The molecule has 2 saturated carbocycles. The van der Waals surface area contributed by atoms with Crippen molar-refractivity contribution in [1.29, 1.82) is 0 Å². The number of hydrogen-bond donors (Lipinski definition) is 8. The Balaban J connectivity index is 0.941. The Bertz CT molecular complexity index is 3380. The Morgan fingerprint density at radius 1 is 0.831 bits per heavy atom. The van der Waals surface area contributed by atoms with Crippen molar-refractivity contribution < 1.29 is 39.9 Å². The van der Waals surface area contributed by atoms with Crippen LogP contribution in [0.2, 0.25) is 0 Å². The number of aliphatic hydroxyl groups is 3. The first-order valence-electron chi connectivity index (χ1n) is 29.8. The number of allylic oxidation sites excluding steroid dienone is 3. The first kappa shape index (κ1) is 58.5. The maximum Gasteiger partial charge on any atom is 0.165 e. The van der Waals surface area contributed by atoms with E-state index in [9.17, 15) is 35.1 Å². The molecule has 2 fully saturated rings. The molecule has 7 aliphatic rings. The summed E-state index contributed by atoms with van der Waals surface area (Å²) >= 11 is 0. The van der Waals surface area contributed by atoms with Crippen molar-refractivity contribution in [2.24, 2.45) is 52.4 Å². The molecular formula is C68H77N3O8S4. The number of nitrogens with one attached hydrogen (secondary N) is 1. The van der Waals surface area contributed by atoms with Crippen molar-refractivity contribution in [3.63, 3.8) is 0 Å². The maximum absolute atomic E-state index is 14.5. The highest BCUT2D eigenvalue weighted by atomic mass is 33.1. The van der Waals surface area contributed by atoms with Crippen molar-refractivity contribution in [3.8, 4) is 29.1 Å². The Hall–Kier alpha value is -4.86. The molecule has 5 aliphatic carbocycles. The lowest BCUT2D eigenvalue weighted by Crippen LogP contribution is -2.43. The fraction of sp³-hybridized carbons (Fsp3) is 0.471. The van der Waals surface area contributed by atoms with Crippen molar-refractivity contribution in [2.75, 3.05) is 24.7 Å². The van der Waals surface area contributed by atoms with Crippen molar-refractivity contribution >= 4 is 54.7 Å². The highest BCUT2D eigenvalue weighted by molar-refractivity contribution is 8.77. The van der Waals surface area contributed by atoms with E-state index in [2.05, 4.69) is 65.4 Å². The summed E-state index contributed by atoms with van der Waals surface area (Å²) in [6.45, 7) is 2.30. The second kappa shape index (κ2) is 24.5. The fourth-order valence-electron chi connectivity index (χ4n) is 15.8. The highest BCUT2D eigenvalue weighted by Crippen LogP contribution is 2.64. The predicted octanol–water partition coefficient (Wildman–Crippen LogP) is 11.8. The average molecular weight is 1190 g/mol. The number of carbonyl (C=O) groups excluding carboxylic acids is 2. The van der Waals surface area contributed by atoms with Crippen molar-refractivity contribution in [3.05, 3.63) is 171 Å². The summed E-state index contributed by atoms with van der Waals surface area (Å²) in [5, 5.41) is 60.0. The van der Waals surface area contributed by atoms with Gasteiger partial charge in [-0.1, -0.05) is 128 Å². The molecule has 15 bridgehead atoms. The lowest BCUT2D eigenvalue weighted by Gasteiger charge is -2.46. The number of phenolic OH excluding ortho intramolecular Hbond substituents is 2. The lowest BCUT2D eigenvalue weighted by atomic mass is 9.61. The van der Waals surface area contributed by atoms with Gasteiger partial charge in [-0.15, -0.1) is 0 Å². The molecule has 12 atom stereocenters. The van der Waals surface area contributed by atoms with Gasteiger partial charge in [-0.05, 0) is 175 Å². The molecule has 2 aliphatic heterocycles. The van der Waals surface area contributed by atoms with Crippen molar-refractivity contribution in [2.45, 2.75) is 131 Å². The van der Waals surface area contributed by atoms with Gasteiger partial charge >= 0.3 is 0 Å². The number of Topliss-reactive ketones (excluding diaryl/α,β-unsaturated/α-hetero) is 1. The molecule has 0 unspecified atom stereocenters. The van der Waals surface area contributed by atoms with Gasteiger partial charge in [-0.25, -0.2) is 0 Å². The second-order valence-electron chi connectivity index (χ2n) is 25.2. The molecule has 83 heavy (non-hydrogen) atoms. The number of nitrogens with two attached hydrogens (primary N) is 2. The van der Waals surface area contributed by atoms with Gasteiger partial charge in [0.25, 0.3) is 0 Å². The van der Waals surface area contributed by atoms with E-state index in [1.165, 1.54) is 11.1 Å². The number of ketones is 2. The van der Waals surface area contributed by atoms with Gasteiger partial charge in [-0.3, -0.25) is 9.59 Å². The first-order chi connectivity index (χ1) is 40.1. The molecule has 1 spiro atoms. The normalized spacial score (nSPS) is 32.4. The first-order valence-corrected chi connectivity index (χ1v) is 34.6. The van der Waals surface area contributed by atoms with Crippen LogP contribution in [-0.4, -0.2) is 83.3 Å². The molecule has 15 heteroatoms. The third kappa shape index (κ3) is 12.0. The monoisotopic (exact) mass is 1190 g/mol. The van der Waals surface area contributed by atoms with Gasteiger partial charge < -0.3 is 46.7 Å². The number of aryl methyl sites for hydroxylation is 1. The molecule has 4 aromatic carbocycles. The van der Waals surface area contributed by atoms with E-state index < -0.39 is 28.7 Å². The quantitative estimate of drug-likeness (QED) is 0.0358. The third-order valence-electron chi connectivity index (χ3n) is 20.0. The van der Waals surface area contributed by atoms with E-state index in [4.69, 9.17) is 16.2 Å². The van der Waals surface area contributed by atoms with Gasteiger partial charge in [0.2, 0.25) is 0 Å². The van der Waals surface area contributed by atoms with Crippen molar-refractivity contribution in [1.82, 2.24) is 4.98 Å². The largest absolute Gasteiger partial charge is 0.508 e. The van der Waals surface area contributed by atoms with Crippen LogP contribution in [-0.2, 0) is 36.2 Å². The number of ether oxygens (including phenoxy) is 1. The van der Waals surface area contributed by atoms with Gasteiger partial charge in [-0.2, -0.15) is 0 Å². The van der Waals surface area contributed by atoms with Gasteiger partial charge in [0.15, 0.2) is 23.1 Å². The summed E-state index contributed by atoms with van der Waals surface area (Å²) in [6.07, 6.45) is 17.2. The zero-order valence-corrected chi connectivity index (χ0v) is 50.4. The minimum atomic E-state index is -1.15. The molecule has 436 valence electrons. The molecule has 12 rings (SSSR count). The van der Waals surface area contributed by atoms with E-state index >= 15 is 0 Å². The Labute approximate surface area is 503 Å². The summed E-state index contributed by atoms with van der Waals surface area (Å²) in [6, 6.07) is 25.3. The lowest BCUT2D eigenvalue weighted by molar-refractivity contribution is -0.114. The van der Waals surface area contributed by atoms with E-state index in [1.54, 1.807) is 68.9 Å². The Kier molecular flexibility index (Phi) is 17.3. The molecule has 1 aromatic heterocycles. The molecular weight excluding hydrogens is 1120 g/mol. The zero-order chi connectivity index (χ0) is 57.6. The van der Waals surface area contributed by atoms with Crippen LogP contribution in [0, 0.1) is 52.8 Å². The number of hydrogen-bond acceptors (Lipinski definition) is 14. The Morgan fingerprint density at radius 3 is 2.51 bits per heavy atom. The van der Waals surface area contributed by atoms with Gasteiger partial charge in [0.1, 0.15) is 5.75 Å². The summed E-state index contributed by atoms with van der Waals surface area (Å²) in [5.41, 5.74) is 19.9. The smallest absolute Gasteiger partial charge is 0.165 e. The summed E-state index contributed by atoms with van der Waals surface area (Å²) in [7, 11) is 7.01. The molecule has 0 radical (unpaired) electrons. The minimum Gasteiger partial charge on any atom is -0.508 e. The molecule has 11 nitrogen and oxygen atoms in total. The number of aliphatic hydroxyl groups excluding tert-OH is 1. The summed E-state index contributed by atoms with van der Waals surface area (Å²) in [4.78, 5) is 32.1. The molecule has 5 aromatic rings. The van der Waals surface area contributed by atoms with Crippen LogP contribution in [0.4, 0.5) is 0 Å². The number of aromatic amines is 1. The van der Waals surface area contributed by atoms with E-state index in [-0.39, 0.29) is 89.9 Å². The number of phenols is 2. The van der Waals surface area contributed by atoms with Crippen LogP contribution in [0.3, 0.4) is 0 Å². The van der Waals surface area contributed by atoms with E-state index in [0.29, 0.717) is 78.4 Å². The van der Waals surface area contributed by atoms with Crippen LogP contribution in [0.25, 0.3) is 0 Å². The zero-order valence-electron chi connectivity index (χ0n) is 47.1. The third-order valence-corrected chi connectivity index (χ3v) is 25.3. The molecule has 3 heterocycles. The van der Waals surface area contributed by atoms with E-state index in [0.717, 1.165) is 71.4 Å². The molecule has 0 amide bonds. The second-order valence-corrected chi connectivity index (χ2v) is 30.3. The van der Waals surface area contributed by atoms with Crippen LogP contribution in [0.15, 0.2) is 109 Å². The fourth-order valence-corrected chi connectivity index (χ4v) is 21.6. The standard InChI is InChI=1S/C68H77N3O8S4/c1-66(77)22-5-9-50-53-29-42-6-2-3-8-49(42)57(35-72)58(50)38-82-83-64-18-14-46(28-44(53)33-66)67-23-19-48(73)15-11-40-13-17-61(75)63(27-40)79-25-21-41-12-16-60(74)56(26-41)55-32-62(76)51-20-24-71-59(51)10-4-7-43-30-54(65(69)70)45(31-52(43)55)36-80-81-37-47(34-67)68(64,78)39-67/h2-3,6,8,12-14,16-20,23-24,26-27,30-31,44,46-47,50,53,55,57-58,64-65,71-72,74-75,77-78H,5,9-11,15,21-22,25,28-29,32-39,69-70H2,1H3/b23-19+/t44-,46-,47-,50-,53-,55-,57-,58+,64+,66+,67+,68-/m0/s1.